The topological polar surface area (TPSA) is 44.7 Å². The van der Waals surface area contributed by atoms with Crippen molar-refractivity contribution in [2.24, 2.45) is 0 Å². The molecule has 1 saturated heterocycles. The van der Waals surface area contributed by atoms with Gasteiger partial charge in [0.15, 0.2) is 0 Å². The molecule has 1 rings (SSSR count). The molecule has 0 amide bonds. The van der Waals surface area contributed by atoms with Crippen LogP contribution < -0.4 is 5.32 Å². The molecule has 1 unspecified atom stereocenters. The number of methoxy groups -OCH3 is 1. The van der Waals surface area contributed by atoms with Crippen LogP contribution in [0.5, 0.6) is 0 Å². The van der Waals surface area contributed by atoms with Crippen LogP contribution in [0.25, 0.3) is 0 Å². The lowest BCUT2D eigenvalue weighted by Gasteiger charge is -2.38. The molecule has 15 heavy (non-hydrogen) atoms. The van der Waals surface area contributed by atoms with Gasteiger partial charge in [-0.25, -0.2) is 0 Å². The van der Waals surface area contributed by atoms with E-state index in [1.165, 1.54) is 0 Å². The molecule has 4 nitrogen and oxygen atoms in total. The van der Waals surface area contributed by atoms with Crippen molar-refractivity contribution in [3.8, 4) is 0 Å². The Balaban J connectivity index is 2.67. The van der Waals surface area contributed by atoms with E-state index in [2.05, 4.69) is 24.1 Å². The van der Waals surface area contributed by atoms with Gasteiger partial charge in [-0.15, -0.1) is 0 Å². The van der Waals surface area contributed by atoms with Gasteiger partial charge in [0.1, 0.15) is 0 Å². The summed E-state index contributed by atoms with van der Waals surface area (Å²) >= 11 is 0. The fourth-order valence-electron chi connectivity index (χ4n) is 2.01. The first-order chi connectivity index (χ1) is 6.87. The monoisotopic (exact) mass is 216 g/mol. The lowest BCUT2D eigenvalue weighted by Crippen LogP contribution is -2.52. The van der Waals surface area contributed by atoms with Crippen molar-refractivity contribution < 1.29 is 9.84 Å². The van der Waals surface area contributed by atoms with Crippen molar-refractivity contribution in [3.05, 3.63) is 0 Å². The Morgan fingerprint density at radius 3 is 2.60 bits per heavy atom. The van der Waals surface area contributed by atoms with E-state index in [1.54, 1.807) is 7.11 Å². The smallest absolute Gasteiger partial charge is 0.0869 e. The van der Waals surface area contributed by atoms with Crippen LogP contribution in [0.2, 0.25) is 0 Å². The van der Waals surface area contributed by atoms with Crippen molar-refractivity contribution in [3.63, 3.8) is 0 Å². The number of rotatable bonds is 3. The highest BCUT2D eigenvalue weighted by Crippen LogP contribution is 2.20. The van der Waals surface area contributed by atoms with E-state index in [0.29, 0.717) is 19.7 Å². The molecule has 0 aromatic carbocycles. The van der Waals surface area contributed by atoms with Gasteiger partial charge in [0, 0.05) is 38.8 Å². The Labute approximate surface area is 92.6 Å². The first kappa shape index (κ1) is 12.9. The molecule has 4 heteroatoms. The number of hydrogen-bond donors (Lipinski definition) is 2. The fourth-order valence-corrected chi connectivity index (χ4v) is 2.01. The van der Waals surface area contributed by atoms with Gasteiger partial charge in [0.2, 0.25) is 0 Å². The normalized spacial score (nSPS) is 32.6. The van der Waals surface area contributed by atoms with Crippen LogP contribution >= 0.6 is 0 Å². The average Bonchev–Trinajstić information content (AvgIpc) is 2.19. The van der Waals surface area contributed by atoms with E-state index < -0.39 is 5.60 Å². The third-order valence-electron chi connectivity index (χ3n) is 3.02. The second kappa shape index (κ2) is 4.78. The Bertz CT molecular complexity index is 205. The highest BCUT2D eigenvalue weighted by Gasteiger charge is 2.35. The summed E-state index contributed by atoms with van der Waals surface area (Å²) < 4.78 is 5.10. The van der Waals surface area contributed by atoms with Crippen molar-refractivity contribution in [2.75, 3.05) is 39.9 Å². The van der Waals surface area contributed by atoms with E-state index in [9.17, 15) is 5.11 Å². The molecule has 1 aliphatic rings. The van der Waals surface area contributed by atoms with Crippen LogP contribution in [0, 0.1) is 0 Å². The first-order valence-corrected chi connectivity index (χ1v) is 5.54. The summed E-state index contributed by atoms with van der Waals surface area (Å²) in [6.07, 6.45) is 0. The summed E-state index contributed by atoms with van der Waals surface area (Å²) in [7, 11) is 1.71. The maximum absolute atomic E-state index is 10.1. The van der Waals surface area contributed by atoms with Gasteiger partial charge in [0.05, 0.1) is 12.2 Å². The van der Waals surface area contributed by atoms with Crippen molar-refractivity contribution in [1.82, 2.24) is 10.2 Å². The zero-order chi connectivity index (χ0) is 11.5. The number of β-amino-alcohol motifs (C(OH)–C–C–N with tert-alkyl or cyclic N) is 1. The number of hydrogen-bond acceptors (Lipinski definition) is 4. The second-order valence-electron chi connectivity index (χ2n) is 5.33. The number of nitrogens with one attached hydrogen (secondary N) is 1. The minimum absolute atomic E-state index is 0.0685. The minimum atomic E-state index is -0.651. The largest absolute Gasteiger partial charge is 0.388 e. The van der Waals surface area contributed by atoms with Gasteiger partial charge in [-0.3, -0.25) is 4.90 Å². The lowest BCUT2D eigenvalue weighted by molar-refractivity contribution is 0.000355. The van der Waals surface area contributed by atoms with E-state index >= 15 is 0 Å². The number of ether oxygens (including phenoxy) is 1. The van der Waals surface area contributed by atoms with Crippen LogP contribution in [0.15, 0.2) is 0 Å². The van der Waals surface area contributed by atoms with E-state index in [1.807, 2.05) is 6.92 Å². The Kier molecular flexibility index (Phi) is 4.12. The summed E-state index contributed by atoms with van der Waals surface area (Å²) in [5.41, 5.74) is -0.583. The summed E-state index contributed by atoms with van der Waals surface area (Å²) in [6, 6.07) is 0. The first-order valence-electron chi connectivity index (χ1n) is 5.54. The van der Waals surface area contributed by atoms with Gasteiger partial charge < -0.3 is 15.2 Å². The predicted octanol–water partition coefficient (Wildman–Crippen LogP) is 0.0676. The molecule has 0 aliphatic carbocycles. The quantitative estimate of drug-likeness (QED) is 0.700. The number of aliphatic hydroxyl groups is 1. The van der Waals surface area contributed by atoms with Gasteiger partial charge in [0.25, 0.3) is 0 Å². The maximum Gasteiger partial charge on any atom is 0.0869 e. The van der Waals surface area contributed by atoms with Crippen molar-refractivity contribution in [1.29, 1.82) is 0 Å². The summed E-state index contributed by atoms with van der Waals surface area (Å²) in [6.45, 7) is 10.1. The fraction of sp³-hybridized carbons (Fsp3) is 1.00. The molecule has 0 spiro atoms. The zero-order valence-corrected chi connectivity index (χ0v) is 10.3. The summed E-state index contributed by atoms with van der Waals surface area (Å²) in [4.78, 5) is 2.29. The van der Waals surface area contributed by atoms with Crippen molar-refractivity contribution in [2.45, 2.75) is 31.9 Å². The minimum Gasteiger partial charge on any atom is -0.388 e. The SMILES string of the molecule is COCCN1CC(C)(O)CNCC1(C)C. The van der Waals surface area contributed by atoms with Crippen LogP contribution in [0.1, 0.15) is 20.8 Å². The average molecular weight is 216 g/mol. The Morgan fingerprint density at radius 1 is 1.33 bits per heavy atom. The van der Waals surface area contributed by atoms with E-state index in [4.69, 9.17) is 4.74 Å². The molecule has 2 N–H and O–H groups in total. The zero-order valence-electron chi connectivity index (χ0n) is 10.3. The highest BCUT2D eigenvalue weighted by atomic mass is 16.5. The van der Waals surface area contributed by atoms with E-state index in [0.717, 1.165) is 13.1 Å². The molecule has 0 bridgehead atoms. The van der Waals surface area contributed by atoms with Gasteiger partial charge in [-0.2, -0.15) is 0 Å². The molecular formula is C11H24N2O2. The third kappa shape index (κ3) is 3.72. The Hall–Kier alpha value is -0.160. The lowest BCUT2D eigenvalue weighted by atomic mass is 10.0. The standard InChI is InChI=1S/C11H24N2O2/c1-10(2)7-12-8-11(3,14)9-13(10)5-6-15-4/h12,14H,5-9H2,1-4H3. The molecule has 1 fully saturated rings. The second-order valence-corrected chi connectivity index (χ2v) is 5.33. The van der Waals surface area contributed by atoms with Crippen LogP contribution in [-0.2, 0) is 4.74 Å². The molecule has 1 heterocycles. The summed E-state index contributed by atoms with van der Waals surface area (Å²) in [5, 5.41) is 13.4. The molecule has 0 aromatic heterocycles. The molecule has 0 radical (unpaired) electrons. The number of nitrogens with zero attached hydrogens (tertiary/aromatic N) is 1. The van der Waals surface area contributed by atoms with Crippen molar-refractivity contribution >= 4 is 0 Å². The molecule has 0 aromatic rings. The van der Waals surface area contributed by atoms with Gasteiger partial charge in [-0.05, 0) is 20.8 Å². The summed E-state index contributed by atoms with van der Waals surface area (Å²) in [5.74, 6) is 0. The van der Waals surface area contributed by atoms with Crippen LogP contribution in [0.4, 0.5) is 0 Å². The highest BCUT2D eigenvalue weighted by molar-refractivity contribution is 4.93. The molecular weight excluding hydrogens is 192 g/mol. The van der Waals surface area contributed by atoms with Crippen LogP contribution in [-0.4, -0.2) is 61.0 Å². The maximum atomic E-state index is 10.1. The third-order valence-corrected chi connectivity index (χ3v) is 3.02. The molecule has 90 valence electrons. The predicted molar refractivity (Wildman–Crippen MR) is 61.0 cm³/mol. The van der Waals surface area contributed by atoms with E-state index in [-0.39, 0.29) is 5.54 Å². The molecule has 1 atom stereocenters. The Morgan fingerprint density at radius 2 is 2.00 bits per heavy atom. The van der Waals surface area contributed by atoms with Crippen LogP contribution in [0.3, 0.4) is 0 Å². The molecule has 0 saturated carbocycles. The van der Waals surface area contributed by atoms with Gasteiger partial charge in [-0.1, -0.05) is 0 Å². The molecule has 1 aliphatic heterocycles. The van der Waals surface area contributed by atoms with Gasteiger partial charge >= 0.3 is 0 Å².